The Kier molecular flexibility index (Phi) is 6.46. The first kappa shape index (κ1) is 21.8. The maximum absolute atomic E-state index is 13.8. The maximum Gasteiger partial charge on any atom is 0.416 e. The summed E-state index contributed by atoms with van der Waals surface area (Å²) < 4.78 is 64.6. The van der Waals surface area contributed by atoms with Crippen LogP contribution in [0.5, 0.6) is 0 Å². The molecule has 4 N–H and O–H groups in total. The zero-order valence-electron chi connectivity index (χ0n) is 14.4. The number of alkyl halides is 3. The van der Waals surface area contributed by atoms with Crippen LogP contribution in [-0.4, -0.2) is 27.1 Å². The minimum Gasteiger partial charge on any atom is -0.481 e. The van der Waals surface area contributed by atoms with Crippen molar-refractivity contribution >= 4 is 19.2 Å². The average molecular weight is 420 g/mol. The zero-order chi connectivity index (χ0) is 21.1. The van der Waals surface area contributed by atoms with E-state index in [0.29, 0.717) is 23.8 Å². The van der Waals surface area contributed by atoms with Crippen LogP contribution in [0.2, 0.25) is 0 Å². The van der Waals surface area contributed by atoms with Gasteiger partial charge < -0.3 is 15.7 Å². The average Bonchev–Trinajstić information content (AvgIpc) is 2.56. The number of nitrogens with zero attached hydrogens (tertiary/aromatic N) is 1. The number of anilines is 1. The quantitative estimate of drug-likeness (QED) is 0.467. The van der Waals surface area contributed by atoms with Crippen molar-refractivity contribution in [3.05, 3.63) is 59.0 Å². The molecule has 1 aromatic heterocycles. The molecule has 0 aliphatic rings. The number of carboxylic acid groups (broad SMARTS) is 1. The Morgan fingerprint density at radius 1 is 1.25 bits per heavy atom. The molecule has 0 spiro atoms. The fourth-order valence-electron chi connectivity index (χ4n) is 2.62. The van der Waals surface area contributed by atoms with E-state index in [9.17, 15) is 36.9 Å². The first-order valence-corrected chi connectivity index (χ1v) is 10.00. The van der Waals surface area contributed by atoms with Gasteiger partial charge in [-0.15, -0.1) is 0 Å². The predicted octanol–water partition coefficient (Wildman–Crippen LogP) is 3.54. The van der Waals surface area contributed by atoms with E-state index in [2.05, 4.69) is 4.98 Å². The second kappa shape index (κ2) is 8.28. The van der Waals surface area contributed by atoms with Crippen molar-refractivity contribution in [1.82, 2.24) is 4.98 Å². The lowest BCUT2D eigenvalue weighted by Gasteiger charge is -2.18. The van der Waals surface area contributed by atoms with Gasteiger partial charge in [0.15, 0.2) is 0 Å². The number of nitrogen functional groups attached to an aromatic ring is 1. The fourth-order valence-corrected chi connectivity index (χ4v) is 4.50. The molecule has 0 saturated carbocycles. The molecule has 0 saturated heterocycles. The van der Waals surface area contributed by atoms with Gasteiger partial charge in [-0.05, 0) is 41.8 Å². The van der Waals surface area contributed by atoms with Crippen LogP contribution in [0, 0.1) is 11.7 Å². The molecule has 2 rings (SSSR count). The van der Waals surface area contributed by atoms with Crippen LogP contribution >= 0.6 is 7.37 Å². The van der Waals surface area contributed by atoms with Crippen LogP contribution in [0.1, 0.15) is 16.7 Å². The van der Waals surface area contributed by atoms with Crippen molar-refractivity contribution in [2.75, 3.05) is 11.9 Å². The number of benzene rings is 1. The number of rotatable bonds is 7. The molecule has 28 heavy (non-hydrogen) atoms. The summed E-state index contributed by atoms with van der Waals surface area (Å²) in [5, 5.41) is 9.32. The molecule has 2 aromatic rings. The van der Waals surface area contributed by atoms with Gasteiger partial charge in [-0.3, -0.25) is 9.36 Å². The van der Waals surface area contributed by atoms with Gasteiger partial charge in [0.05, 0.1) is 17.6 Å². The van der Waals surface area contributed by atoms with Crippen molar-refractivity contribution in [3.63, 3.8) is 0 Å². The number of aliphatic carboxylic acids is 1. The monoisotopic (exact) mass is 420 g/mol. The molecule has 6 nitrogen and oxygen atoms in total. The normalized spacial score (nSPS) is 15.0. The summed E-state index contributed by atoms with van der Waals surface area (Å²) in [5.74, 6) is -3.54. The molecular weight excluding hydrogens is 403 g/mol. The lowest BCUT2D eigenvalue weighted by atomic mass is 10.0. The fraction of sp³-hybridized carbons (Fsp3) is 0.294. The Morgan fingerprint density at radius 3 is 2.46 bits per heavy atom. The topological polar surface area (TPSA) is 114 Å². The Labute approximate surface area is 157 Å². The van der Waals surface area contributed by atoms with E-state index in [-0.39, 0.29) is 12.2 Å². The lowest BCUT2D eigenvalue weighted by molar-refractivity contribution is -0.141. The van der Waals surface area contributed by atoms with Crippen molar-refractivity contribution in [2.24, 2.45) is 5.92 Å². The van der Waals surface area contributed by atoms with Crippen molar-refractivity contribution < 1.29 is 36.9 Å². The Hall–Kier alpha value is -2.45. The molecule has 11 heteroatoms. The molecule has 0 amide bonds. The summed E-state index contributed by atoms with van der Waals surface area (Å²) >= 11 is 0. The van der Waals surface area contributed by atoms with Gasteiger partial charge in [0.1, 0.15) is 11.6 Å². The summed E-state index contributed by atoms with van der Waals surface area (Å²) in [4.78, 5) is 25.4. The molecule has 0 bridgehead atoms. The largest absolute Gasteiger partial charge is 0.481 e. The minimum absolute atomic E-state index is 0.141. The molecule has 2 unspecified atom stereocenters. The summed E-state index contributed by atoms with van der Waals surface area (Å²) in [7, 11) is -4.30. The molecular formula is C17H17F4N2O4P. The van der Waals surface area contributed by atoms with Crippen molar-refractivity contribution in [1.29, 1.82) is 0 Å². The summed E-state index contributed by atoms with van der Waals surface area (Å²) in [6, 6.07) is 4.48. The number of carboxylic acids is 1. The van der Waals surface area contributed by atoms with Gasteiger partial charge in [0, 0.05) is 12.4 Å². The number of nitrogens with two attached hydrogens (primary N) is 1. The summed E-state index contributed by atoms with van der Waals surface area (Å²) in [6.45, 7) is 0. The minimum atomic E-state index is -4.74. The molecule has 152 valence electrons. The Balaban J connectivity index is 2.19. The maximum atomic E-state index is 13.8. The van der Waals surface area contributed by atoms with Crippen LogP contribution in [0.15, 0.2) is 36.5 Å². The highest BCUT2D eigenvalue weighted by Gasteiger charge is 2.33. The number of carbonyl (C=O) groups is 1. The first-order valence-electron chi connectivity index (χ1n) is 7.97. The van der Waals surface area contributed by atoms with Gasteiger partial charge in [0.2, 0.25) is 7.37 Å². The second-order valence-electron chi connectivity index (χ2n) is 6.32. The van der Waals surface area contributed by atoms with Crippen LogP contribution in [-0.2, 0) is 28.1 Å². The van der Waals surface area contributed by atoms with Crippen LogP contribution in [0.25, 0.3) is 0 Å². The molecule has 1 aromatic carbocycles. The standard InChI is InChI=1S/C17H17F4N2O4P/c18-14-3-2-13(17(19,20)21)6-11(14)8-28(26,27)9-12(16(24)25)5-10-1-4-15(22)23-7-10/h1-4,6-7,12H,5,8-9H2,(H2,22,23)(H,24,25)(H,26,27). The number of hydrogen-bond acceptors (Lipinski definition) is 4. The predicted molar refractivity (Wildman–Crippen MR) is 93.3 cm³/mol. The van der Waals surface area contributed by atoms with Crippen molar-refractivity contribution in [3.8, 4) is 0 Å². The van der Waals surface area contributed by atoms with E-state index in [0.717, 1.165) is 0 Å². The highest BCUT2D eigenvalue weighted by atomic mass is 31.2. The smallest absolute Gasteiger partial charge is 0.416 e. The van der Waals surface area contributed by atoms with Gasteiger partial charge in [-0.25, -0.2) is 9.37 Å². The molecule has 2 atom stereocenters. The van der Waals surface area contributed by atoms with E-state index in [1.165, 1.54) is 18.3 Å². The van der Waals surface area contributed by atoms with Gasteiger partial charge >= 0.3 is 12.1 Å². The number of pyridine rings is 1. The molecule has 0 aliphatic carbocycles. The van der Waals surface area contributed by atoms with Crippen LogP contribution in [0.4, 0.5) is 23.4 Å². The zero-order valence-corrected chi connectivity index (χ0v) is 15.3. The SMILES string of the molecule is Nc1ccc(CC(CP(=O)(O)Cc2cc(C(F)(F)F)ccc2F)C(=O)O)cn1. The highest BCUT2D eigenvalue weighted by Crippen LogP contribution is 2.47. The van der Waals surface area contributed by atoms with Gasteiger partial charge in [-0.1, -0.05) is 6.07 Å². The number of hydrogen-bond donors (Lipinski definition) is 3. The van der Waals surface area contributed by atoms with Crippen LogP contribution in [0.3, 0.4) is 0 Å². The number of aromatic nitrogens is 1. The molecule has 1 heterocycles. The highest BCUT2D eigenvalue weighted by molar-refractivity contribution is 7.57. The van der Waals surface area contributed by atoms with E-state index < -0.39 is 54.7 Å². The lowest BCUT2D eigenvalue weighted by Crippen LogP contribution is -2.21. The van der Waals surface area contributed by atoms with E-state index in [4.69, 9.17) is 5.73 Å². The van der Waals surface area contributed by atoms with E-state index >= 15 is 0 Å². The Morgan fingerprint density at radius 2 is 1.93 bits per heavy atom. The van der Waals surface area contributed by atoms with Gasteiger partial charge in [-0.2, -0.15) is 13.2 Å². The first-order chi connectivity index (χ1) is 12.9. The van der Waals surface area contributed by atoms with Crippen molar-refractivity contribution in [2.45, 2.75) is 18.8 Å². The van der Waals surface area contributed by atoms with E-state index in [1.807, 2.05) is 0 Å². The second-order valence-corrected chi connectivity index (χ2v) is 8.70. The van der Waals surface area contributed by atoms with Crippen LogP contribution < -0.4 is 5.73 Å². The molecule has 0 radical (unpaired) electrons. The van der Waals surface area contributed by atoms with E-state index in [1.54, 1.807) is 0 Å². The molecule has 0 fully saturated rings. The summed E-state index contributed by atoms with van der Waals surface area (Å²) in [5.41, 5.74) is 4.13. The Bertz CT molecular complexity index is 903. The third-order valence-corrected chi connectivity index (χ3v) is 5.82. The van der Waals surface area contributed by atoms with Gasteiger partial charge in [0.25, 0.3) is 0 Å². The molecule has 0 aliphatic heterocycles. The third kappa shape index (κ3) is 6.03. The third-order valence-electron chi connectivity index (χ3n) is 3.98. The summed E-state index contributed by atoms with van der Waals surface area (Å²) in [6.07, 6.45) is -5.21. The number of halogens is 4.